The molecule has 5 nitrogen and oxygen atoms in total. The number of anilines is 2. The molecule has 2 rings (SSSR count). The van der Waals surface area contributed by atoms with E-state index in [0.717, 1.165) is 6.54 Å². The molecule has 0 saturated carbocycles. The molecule has 1 aromatic heterocycles. The van der Waals surface area contributed by atoms with E-state index in [1.165, 1.54) is 30.9 Å². The Morgan fingerprint density at radius 3 is 3.18 bits per heavy atom. The first kappa shape index (κ1) is 12.0. The van der Waals surface area contributed by atoms with Gasteiger partial charge in [0.05, 0.1) is 17.4 Å². The van der Waals surface area contributed by atoms with Crippen LogP contribution >= 0.6 is 11.8 Å². The van der Waals surface area contributed by atoms with Crippen molar-refractivity contribution in [1.82, 2.24) is 4.98 Å². The summed E-state index contributed by atoms with van der Waals surface area (Å²) in [6, 6.07) is 1.48. The summed E-state index contributed by atoms with van der Waals surface area (Å²) in [5.74, 6) is 0.759. The van der Waals surface area contributed by atoms with Crippen molar-refractivity contribution in [3.63, 3.8) is 0 Å². The lowest BCUT2D eigenvalue weighted by atomic mass is 10.2. The number of aromatic nitrogens is 1. The molecule has 4 N–H and O–H groups in total. The highest BCUT2D eigenvalue weighted by Gasteiger charge is 2.16. The number of aromatic carboxylic acids is 1. The van der Waals surface area contributed by atoms with E-state index in [0.29, 0.717) is 11.1 Å². The summed E-state index contributed by atoms with van der Waals surface area (Å²) in [6.07, 6.45) is 3.85. The van der Waals surface area contributed by atoms with Gasteiger partial charge in [0, 0.05) is 11.8 Å². The number of nitrogens with one attached hydrogen (secondary N) is 1. The Morgan fingerprint density at radius 2 is 2.53 bits per heavy atom. The third-order valence-electron chi connectivity index (χ3n) is 2.70. The van der Waals surface area contributed by atoms with Crippen LogP contribution in [0.5, 0.6) is 0 Å². The minimum absolute atomic E-state index is 0.0987. The van der Waals surface area contributed by atoms with Gasteiger partial charge in [-0.05, 0) is 24.7 Å². The average Bonchev–Trinajstić information content (AvgIpc) is 2.80. The Hall–Kier alpha value is -1.43. The van der Waals surface area contributed by atoms with E-state index in [1.54, 1.807) is 0 Å². The number of carboxylic acid groups (broad SMARTS) is 1. The van der Waals surface area contributed by atoms with Gasteiger partial charge in [-0.1, -0.05) is 0 Å². The molecule has 1 aromatic rings. The largest absolute Gasteiger partial charge is 0.478 e. The van der Waals surface area contributed by atoms with E-state index in [1.807, 2.05) is 11.8 Å². The lowest BCUT2D eigenvalue weighted by Gasteiger charge is -2.11. The molecule has 1 aliphatic rings. The molecule has 1 saturated heterocycles. The van der Waals surface area contributed by atoms with Gasteiger partial charge in [-0.15, -0.1) is 0 Å². The summed E-state index contributed by atoms with van der Waals surface area (Å²) < 4.78 is 0. The minimum atomic E-state index is -1.02. The fourth-order valence-corrected chi connectivity index (χ4v) is 2.97. The zero-order valence-corrected chi connectivity index (χ0v) is 10.2. The highest BCUT2D eigenvalue weighted by atomic mass is 32.2. The first-order valence-corrected chi connectivity index (χ1v) is 6.56. The fourth-order valence-electron chi connectivity index (χ4n) is 1.77. The van der Waals surface area contributed by atoms with Crippen molar-refractivity contribution in [2.24, 2.45) is 0 Å². The van der Waals surface area contributed by atoms with Crippen molar-refractivity contribution >= 4 is 29.2 Å². The smallest absolute Gasteiger partial charge is 0.337 e. The van der Waals surface area contributed by atoms with Gasteiger partial charge in [0.25, 0.3) is 0 Å². The molecule has 17 heavy (non-hydrogen) atoms. The molecule has 0 amide bonds. The van der Waals surface area contributed by atoms with Crippen molar-refractivity contribution < 1.29 is 9.90 Å². The number of pyridine rings is 1. The third kappa shape index (κ3) is 3.03. The van der Waals surface area contributed by atoms with Crippen LogP contribution in [0.2, 0.25) is 0 Å². The van der Waals surface area contributed by atoms with Gasteiger partial charge in [-0.2, -0.15) is 11.8 Å². The van der Waals surface area contributed by atoms with Gasteiger partial charge in [0.15, 0.2) is 0 Å². The lowest BCUT2D eigenvalue weighted by molar-refractivity contribution is 0.0698. The average molecular weight is 253 g/mol. The summed E-state index contributed by atoms with van der Waals surface area (Å²) in [7, 11) is 0. The van der Waals surface area contributed by atoms with Gasteiger partial charge in [-0.25, -0.2) is 9.78 Å². The van der Waals surface area contributed by atoms with Crippen LogP contribution in [0.4, 0.5) is 11.5 Å². The molecule has 2 heterocycles. The van der Waals surface area contributed by atoms with Crippen LogP contribution in [0.15, 0.2) is 12.3 Å². The van der Waals surface area contributed by atoms with Gasteiger partial charge in [0.1, 0.15) is 5.82 Å². The van der Waals surface area contributed by atoms with Crippen molar-refractivity contribution in [3.05, 3.63) is 17.8 Å². The molecular formula is C11H15N3O2S. The van der Waals surface area contributed by atoms with Crippen LogP contribution in [-0.2, 0) is 0 Å². The van der Waals surface area contributed by atoms with Crippen LogP contribution in [-0.4, -0.2) is 33.6 Å². The number of nitrogen functional groups attached to an aromatic ring is 1. The van der Waals surface area contributed by atoms with Crippen molar-refractivity contribution in [1.29, 1.82) is 0 Å². The normalized spacial score (nSPS) is 19.2. The molecule has 1 atom stereocenters. The Balaban J connectivity index is 2.00. The number of rotatable bonds is 4. The minimum Gasteiger partial charge on any atom is -0.478 e. The highest BCUT2D eigenvalue weighted by Crippen LogP contribution is 2.26. The van der Waals surface area contributed by atoms with Gasteiger partial charge in [0.2, 0.25) is 0 Å². The molecule has 92 valence electrons. The highest BCUT2D eigenvalue weighted by molar-refractivity contribution is 8.00. The number of thioether (sulfide) groups is 1. The van der Waals surface area contributed by atoms with Gasteiger partial charge < -0.3 is 16.2 Å². The Bertz CT molecular complexity index is 419. The van der Waals surface area contributed by atoms with Crippen LogP contribution in [0.3, 0.4) is 0 Å². The maximum atomic E-state index is 10.9. The predicted octanol–water partition coefficient (Wildman–Crippen LogP) is 1.67. The standard InChI is InChI=1S/C11H15N3O2S/c12-9-6-14-10(4-8(9)11(15)16)13-5-7-2-1-3-17-7/h4,6-7H,1-3,5,12H2,(H,13,14)(H,15,16). The lowest BCUT2D eigenvalue weighted by Crippen LogP contribution is -2.15. The van der Waals surface area contributed by atoms with Crippen LogP contribution in [0, 0.1) is 0 Å². The summed E-state index contributed by atoms with van der Waals surface area (Å²) in [6.45, 7) is 0.820. The maximum absolute atomic E-state index is 10.9. The van der Waals surface area contributed by atoms with Crippen molar-refractivity contribution in [2.75, 3.05) is 23.3 Å². The Kier molecular flexibility index (Phi) is 3.73. The topological polar surface area (TPSA) is 88.2 Å². The third-order valence-corrected chi connectivity index (χ3v) is 4.10. The molecule has 0 aromatic carbocycles. The molecule has 0 bridgehead atoms. The fraction of sp³-hybridized carbons (Fsp3) is 0.455. The zero-order valence-electron chi connectivity index (χ0n) is 9.35. The van der Waals surface area contributed by atoms with Crippen molar-refractivity contribution in [2.45, 2.75) is 18.1 Å². The maximum Gasteiger partial charge on any atom is 0.337 e. The van der Waals surface area contributed by atoms with E-state index < -0.39 is 5.97 Å². The van der Waals surface area contributed by atoms with E-state index in [4.69, 9.17) is 10.8 Å². The van der Waals surface area contributed by atoms with Crippen LogP contribution in [0.25, 0.3) is 0 Å². The Labute approximate surface area is 104 Å². The molecule has 1 aliphatic heterocycles. The molecule has 1 unspecified atom stereocenters. The summed E-state index contributed by atoms with van der Waals surface area (Å²) in [5.41, 5.74) is 5.82. The second-order valence-electron chi connectivity index (χ2n) is 3.98. The predicted molar refractivity (Wildman–Crippen MR) is 69.6 cm³/mol. The second kappa shape index (κ2) is 5.27. The second-order valence-corrected chi connectivity index (χ2v) is 5.39. The first-order chi connectivity index (χ1) is 8.16. The zero-order chi connectivity index (χ0) is 12.3. The summed E-state index contributed by atoms with van der Waals surface area (Å²) in [4.78, 5) is 15.0. The number of carbonyl (C=O) groups is 1. The monoisotopic (exact) mass is 253 g/mol. The number of hydrogen-bond donors (Lipinski definition) is 3. The number of carboxylic acids is 1. The van der Waals surface area contributed by atoms with E-state index in [2.05, 4.69) is 10.3 Å². The van der Waals surface area contributed by atoms with Crippen LogP contribution < -0.4 is 11.1 Å². The first-order valence-electron chi connectivity index (χ1n) is 5.51. The molecule has 0 radical (unpaired) electrons. The summed E-state index contributed by atoms with van der Waals surface area (Å²) in [5, 5.41) is 12.7. The van der Waals surface area contributed by atoms with E-state index in [-0.39, 0.29) is 11.3 Å². The van der Waals surface area contributed by atoms with Gasteiger partial charge in [-0.3, -0.25) is 0 Å². The Morgan fingerprint density at radius 1 is 1.71 bits per heavy atom. The van der Waals surface area contributed by atoms with Gasteiger partial charge >= 0.3 is 5.97 Å². The molecule has 0 spiro atoms. The molecular weight excluding hydrogens is 238 g/mol. The number of nitrogens with zero attached hydrogens (tertiary/aromatic N) is 1. The van der Waals surface area contributed by atoms with Crippen LogP contribution in [0.1, 0.15) is 23.2 Å². The van der Waals surface area contributed by atoms with E-state index in [9.17, 15) is 4.79 Å². The SMILES string of the molecule is Nc1cnc(NCC2CCCS2)cc1C(=O)O. The van der Waals surface area contributed by atoms with Crippen molar-refractivity contribution in [3.8, 4) is 0 Å². The number of hydrogen-bond acceptors (Lipinski definition) is 5. The van der Waals surface area contributed by atoms with E-state index >= 15 is 0 Å². The molecule has 1 fully saturated rings. The number of nitrogens with two attached hydrogens (primary N) is 1. The summed E-state index contributed by atoms with van der Waals surface area (Å²) >= 11 is 1.94. The molecule has 6 heteroatoms. The molecule has 0 aliphatic carbocycles. The quantitative estimate of drug-likeness (QED) is 0.756.